The fraction of sp³-hybridized carbons (Fsp3) is 0.562. The van der Waals surface area contributed by atoms with Crippen molar-refractivity contribution in [3.63, 3.8) is 0 Å². The molecule has 1 amide bonds. The maximum Gasteiger partial charge on any atom is 0.254 e. The molecule has 0 aliphatic heterocycles. The van der Waals surface area contributed by atoms with Gasteiger partial charge in [0.1, 0.15) is 5.82 Å². The fourth-order valence-electron chi connectivity index (χ4n) is 3.18. The Kier molecular flexibility index (Phi) is 4.76. The van der Waals surface area contributed by atoms with Crippen LogP contribution < -0.4 is 5.73 Å². The minimum Gasteiger partial charge on any atom is -0.338 e. The van der Waals surface area contributed by atoms with E-state index < -0.39 is 0 Å². The molecule has 4 heteroatoms. The molecule has 1 aromatic rings. The number of halogens is 1. The number of carbonyl (C=O) groups is 1. The molecule has 1 saturated carbocycles. The third-order valence-electron chi connectivity index (χ3n) is 4.41. The zero-order valence-electron chi connectivity index (χ0n) is 12.2. The zero-order chi connectivity index (χ0) is 14.7. The zero-order valence-corrected chi connectivity index (χ0v) is 12.2. The third kappa shape index (κ3) is 3.01. The van der Waals surface area contributed by atoms with Crippen molar-refractivity contribution in [2.45, 2.75) is 38.6 Å². The molecule has 1 aliphatic carbocycles. The first kappa shape index (κ1) is 15.0. The monoisotopic (exact) mass is 278 g/mol. The molecule has 110 valence electrons. The summed E-state index contributed by atoms with van der Waals surface area (Å²) in [6, 6.07) is 4.52. The maximum absolute atomic E-state index is 13.1. The quantitative estimate of drug-likeness (QED) is 0.924. The molecule has 0 bridgehead atoms. The molecule has 0 aromatic heterocycles. The molecule has 0 spiro atoms. The minimum atomic E-state index is -0.306. The average Bonchev–Trinajstić information content (AvgIpc) is 2.45. The van der Waals surface area contributed by atoms with Crippen LogP contribution in [0.15, 0.2) is 18.2 Å². The van der Waals surface area contributed by atoms with E-state index in [1.54, 1.807) is 17.9 Å². The van der Waals surface area contributed by atoms with E-state index in [0.29, 0.717) is 23.6 Å². The van der Waals surface area contributed by atoms with Crippen molar-refractivity contribution in [2.24, 2.45) is 11.7 Å². The Hall–Kier alpha value is -1.42. The van der Waals surface area contributed by atoms with E-state index in [1.165, 1.54) is 18.6 Å². The van der Waals surface area contributed by atoms with Gasteiger partial charge in [0, 0.05) is 18.7 Å². The van der Waals surface area contributed by atoms with Crippen molar-refractivity contribution in [1.29, 1.82) is 0 Å². The van der Waals surface area contributed by atoms with Crippen LogP contribution in [0.2, 0.25) is 0 Å². The van der Waals surface area contributed by atoms with Crippen LogP contribution in [0.5, 0.6) is 0 Å². The predicted molar refractivity (Wildman–Crippen MR) is 78.0 cm³/mol. The summed E-state index contributed by atoms with van der Waals surface area (Å²) in [6.07, 6.45) is 4.42. The summed E-state index contributed by atoms with van der Waals surface area (Å²) in [5.41, 5.74) is 7.09. The van der Waals surface area contributed by atoms with Gasteiger partial charge in [-0.05, 0) is 56.0 Å². The molecule has 0 saturated heterocycles. The number of benzene rings is 1. The second-order valence-corrected chi connectivity index (χ2v) is 5.72. The first-order valence-corrected chi connectivity index (χ1v) is 7.28. The Morgan fingerprint density at radius 3 is 2.75 bits per heavy atom. The Morgan fingerprint density at radius 2 is 2.10 bits per heavy atom. The van der Waals surface area contributed by atoms with Crippen LogP contribution in [0, 0.1) is 18.7 Å². The van der Waals surface area contributed by atoms with Crippen molar-refractivity contribution in [1.82, 2.24) is 4.90 Å². The van der Waals surface area contributed by atoms with Crippen molar-refractivity contribution in [3.8, 4) is 0 Å². The third-order valence-corrected chi connectivity index (χ3v) is 4.41. The SMILES string of the molecule is Cc1cc(F)ccc1C(=O)N(C)C1CCCCC1CN. The molecule has 0 heterocycles. The lowest BCUT2D eigenvalue weighted by molar-refractivity contribution is 0.0619. The highest BCUT2D eigenvalue weighted by atomic mass is 19.1. The second-order valence-electron chi connectivity index (χ2n) is 5.72. The van der Waals surface area contributed by atoms with E-state index in [2.05, 4.69) is 0 Å². The van der Waals surface area contributed by atoms with E-state index in [-0.39, 0.29) is 17.8 Å². The van der Waals surface area contributed by atoms with Crippen LogP contribution in [-0.4, -0.2) is 30.4 Å². The molecule has 1 aliphatic rings. The summed E-state index contributed by atoms with van der Waals surface area (Å²) >= 11 is 0. The number of aryl methyl sites for hydroxylation is 1. The summed E-state index contributed by atoms with van der Waals surface area (Å²) in [5.74, 6) is 0.0329. The van der Waals surface area contributed by atoms with Gasteiger partial charge in [0.2, 0.25) is 0 Å². The standard InChI is InChI=1S/C16H23FN2O/c1-11-9-13(17)7-8-14(11)16(20)19(2)15-6-4-3-5-12(15)10-18/h7-9,12,15H,3-6,10,18H2,1-2H3. The van der Waals surface area contributed by atoms with E-state index in [9.17, 15) is 9.18 Å². The summed E-state index contributed by atoms with van der Waals surface area (Å²) in [5, 5.41) is 0. The van der Waals surface area contributed by atoms with E-state index in [4.69, 9.17) is 5.73 Å². The van der Waals surface area contributed by atoms with Gasteiger partial charge < -0.3 is 10.6 Å². The number of nitrogens with zero attached hydrogens (tertiary/aromatic N) is 1. The van der Waals surface area contributed by atoms with Gasteiger partial charge in [0.15, 0.2) is 0 Å². The molecular formula is C16H23FN2O. The molecule has 2 N–H and O–H groups in total. The number of nitrogens with two attached hydrogens (primary N) is 1. The van der Waals surface area contributed by atoms with Gasteiger partial charge in [-0.1, -0.05) is 12.8 Å². The van der Waals surface area contributed by atoms with E-state index in [1.807, 2.05) is 7.05 Å². The van der Waals surface area contributed by atoms with Gasteiger partial charge in [0.25, 0.3) is 5.91 Å². The van der Waals surface area contributed by atoms with Crippen molar-refractivity contribution in [2.75, 3.05) is 13.6 Å². The highest BCUT2D eigenvalue weighted by Gasteiger charge is 2.30. The molecule has 1 aromatic carbocycles. The first-order valence-electron chi connectivity index (χ1n) is 7.28. The molecule has 1 fully saturated rings. The topological polar surface area (TPSA) is 46.3 Å². The van der Waals surface area contributed by atoms with Gasteiger partial charge in [-0.15, -0.1) is 0 Å². The lowest BCUT2D eigenvalue weighted by Crippen LogP contribution is -2.46. The van der Waals surface area contributed by atoms with Crippen molar-refractivity contribution >= 4 is 5.91 Å². The van der Waals surface area contributed by atoms with Crippen LogP contribution >= 0.6 is 0 Å². The highest BCUT2D eigenvalue weighted by Crippen LogP contribution is 2.28. The number of hydrogen-bond donors (Lipinski definition) is 1. The summed E-state index contributed by atoms with van der Waals surface area (Å²) in [4.78, 5) is 14.4. The van der Waals surface area contributed by atoms with Crippen molar-refractivity contribution < 1.29 is 9.18 Å². The Bertz CT molecular complexity index is 489. The Balaban J connectivity index is 2.18. The average molecular weight is 278 g/mol. The lowest BCUT2D eigenvalue weighted by atomic mass is 9.83. The molecular weight excluding hydrogens is 255 g/mol. The van der Waals surface area contributed by atoms with Gasteiger partial charge in [0.05, 0.1) is 0 Å². The Labute approximate surface area is 120 Å². The van der Waals surface area contributed by atoms with Crippen molar-refractivity contribution in [3.05, 3.63) is 35.1 Å². The van der Waals surface area contributed by atoms with Crippen LogP contribution in [0.4, 0.5) is 4.39 Å². The van der Waals surface area contributed by atoms with Crippen LogP contribution in [0.1, 0.15) is 41.6 Å². The van der Waals surface area contributed by atoms with Gasteiger partial charge in [-0.2, -0.15) is 0 Å². The van der Waals surface area contributed by atoms with Gasteiger partial charge in [-0.3, -0.25) is 4.79 Å². The van der Waals surface area contributed by atoms with E-state index >= 15 is 0 Å². The van der Waals surface area contributed by atoms with E-state index in [0.717, 1.165) is 19.3 Å². The summed E-state index contributed by atoms with van der Waals surface area (Å²) in [6.45, 7) is 2.39. The number of carbonyl (C=O) groups excluding carboxylic acids is 1. The number of amides is 1. The largest absolute Gasteiger partial charge is 0.338 e. The number of hydrogen-bond acceptors (Lipinski definition) is 2. The molecule has 2 atom stereocenters. The van der Waals surface area contributed by atoms with Gasteiger partial charge >= 0.3 is 0 Å². The first-order chi connectivity index (χ1) is 9.54. The predicted octanol–water partition coefficient (Wildman–Crippen LogP) is 2.72. The lowest BCUT2D eigenvalue weighted by Gasteiger charge is -2.37. The minimum absolute atomic E-state index is 0.0344. The maximum atomic E-state index is 13.1. The molecule has 2 rings (SSSR count). The molecule has 3 nitrogen and oxygen atoms in total. The summed E-state index contributed by atoms with van der Waals surface area (Å²) < 4.78 is 13.1. The van der Waals surface area contributed by atoms with Crippen LogP contribution in [0.25, 0.3) is 0 Å². The fourth-order valence-corrected chi connectivity index (χ4v) is 3.18. The summed E-state index contributed by atoms with van der Waals surface area (Å²) in [7, 11) is 1.84. The number of rotatable bonds is 3. The van der Waals surface area contributed by atoms with Gasteiger partial charge in [-0.25, -0.2) is 4.39 Å². The normalized spacial score (nSPS) is 22.6. The molecule has 20 heavy (non-hydrogen) atoms. The molecule has 0 radical (unpaired) electrons. The van der Waals surface area contributed by atoms with Crippen LogP contribution in [0.3, 0.4) is 0 Å². The Morgan fingerprint density at radius 1 is 1.40 bits per heavy atom. The molecule has 2 unspecified atom stereocenters. The smallest absolute Gasteiger partial charge is 0.254 e. The van der Waals surface area contributed by atoms with Crippen LogP contribution in [-0.2, 0) is 0 Å². The highest BCUT2D eigenvalue weighted by molar-refractivity contribution is 5.95. The second kappa shape index (κ2) is 6.35.